The number of amides is 1. The van der Waals surface area contributed by atoms with Crippen LogP contribution in [0.25, 0.3) is 0 Å². The fourth-order valence-electron chi connectivity index (χ4n) is 2.55. The molecule has 1 aromatic rings. The number of carbonyl (C=O) groups excluding carboxylic acids is 1. The van der Waals surface area contributed by atoms with E-state index >= 15 is 0 Å². The summed E-state index contributed by atoms with van der Waals surface area (Å²) in [4.78, 5) is 12.7. The predicted octanol–water partition coefficient (Wildman–Crippen LogP) is 3.74. The van der Waals surface area contributed by atoms with Gasteiger partial charge in [-0.15, -0.1) is 0 Å². The summed E-state index contributed by atoms with van der Waals surface area (Å²) in [5.41, 5.74) is -0.0860. The minimum atomic E-state index is -0.922. The summed E-state index contributed by atoms with van der Waals surface area (Å²) in [6, 6.07) is 7.13. The summed E-state index contributed by atoms with van der Waals surface area (Å²) in [5, 5.41) is 12.1. The van der Waals surface area contributed by atoms with E-state index in [1.165, 1.54) is 0 Å². The molecular weight excluding hydrogens is 292 g/mol. The molecule has 0 saturated heterocycles. The van der Waals surface area contributed by atoms with Crippen molar-refractivity contribution in [3.05, 3.63) is 23.8 Å². The van der Waals surface area contributed by atoms with Crippen molar-refractivity contribution in [3.8, 4) is 11.8 Å². The summed E-state index contributed by atoms with van der Waals surface area (Å²) in [5.74, 6) is 0.679. The summed E-state index contributed by atoms with van der Waals surface area (Å²) < 4.78 is 11.1. The van der Waals surface area contributed by atoms with Crippen molar-refractivity contribution < 1.29 is 14.3 Å². The number of rotatable bonds is 8. The highest BCUT2D eigenvalue weighted by Gasteiger charge is 2.35. The molecule has 1 atom stereocenters. The lowest BCUT2D eigenvalue weighted by atomic mass is 9.93. The number of ether oxygens (including phenoxy) is 2. The molecule has 0 saturated carbocycles. The first-order valence-electron chi connectivity index (χ1n) is 7.98. The monoisotopic (exact) mass is 318 g/mol. The third kappa shape index (κ3) is 5.26. The van der Waals surface area contributed by atoms with Gasteiger partial charge in [0.15, 0.2) is 0 Å². The highest BCUT2D eigenvalue weighted by molar-refractivity contribution is 5.98. The Kier molecular flexibility index (Phi) is 7.05. The standard InChI is InChI=1S/C18H26N2O3/c1-6-22-15-8-9-16(14(10-15)12-19)20-17(21)18(5,23-7-2)11-13(3)4/h8-10,13H,6-7,11H2,1-5H3,(H,20,21). The third-order valence-corrected chi connectivity index (χ3v) is 3.41. The molecule has 0 aliphatic rings. The quantitative estimate of drug-likeness (QED) is 0.792. The van der Waals surface area contributed by atoms with Gasteiger partial charge >= 0.3 is 0 Å². The van der Waals surface area contributed by atoms with Crippen molar-refractivity contribution in [1.82, 2.24) is 0 Å². The lowest BCUT2D eigenvalue weighted by Gasteiger charge is -2.30. The molecule has 126 valence electrons. The van der Waals surface area contributed by atoms with Crippen LogP contribution in [0.5, 0.6) is 5.75 Å². The number of benzene rings is 1. The molecule has 1 rings (SSSR count). The lowest BCUT2D eigenvalue weighted by Crippen LogP contribution is -2.44. The van der Waals surface area contributed by atoms with Crippen molar-refractivity contribution in [2.24, 2.45) is 5.92 Å². The van der Waals surface area contributed by atoms with Crippen LogP contribution in [0.1, 0.15) is 46.6 Å². The van der Waals surface area contributed by atoms with E-state index in [4.69, 9.17) is 9.47 Å². The van der Waals surface area contributed by atoms with E-state index in [2.05, 4.69) is 11.4 Å². The molecule has 5 nitrogen and oxygen atoms in total. The fraction of sp³-hybridized carbons (Fsp3) is 0.556. The molecule has 0 aromatic heterocycles. The van der Waals surface area contributed by atoms with E-state index in [9.17, 15) is 10.1 Å². The molecule has 1 aromatic carbocycles. The van der Waals surface area contributed by atoms with Crippen LogP contribution in [-0.2, 0) is 9.53 Å². The predicted molar refractivity (Wildman–Crippen MR) is 90.4 cm³/mol. The van der Waals surface area contributed by atoms with Crippen molar-refractivity contribution >= 4 is 11.6 Å². The second-order valence-corrected chi connectivity index (χ2v) is 5.97. The molecule has 23 heavy (non-hydrogen) atoms. The Morgan fingerprint density at radius 2 is 2.04 bits per heavy atom. The summed E-state index contributed by atoms with van der Waals surface area (Å²) in [6.45, 7) is 10.6. The Hall–Kier alpha value is -2.06. The molecule has 0 spiro atoms. The number of anilines is 1. The van der Waals surface area contributed by atoms with Gasteiger partial charge in [-0.1, -0.05) is 13.8 Å². The van der Waals surface area contributed by atoms with Crippen LogP contribution < -0.4 is 10.1 Å². The van der Waals surface area contributed by atoms with E-state index in [0.29, 0.717) is 42.6 Å². The van der Waals surface area contributed by atoms with Crippen LogP contribution >= 0.6 is 0 Å². The topological polar surface area (TPSA) is 71.3 Å². The maximum Gasteiger partial charge on any atom is 0.256 e. The van der Waals surface area contributed by atoms with Gasteiger partial charge in [-0.25, -0.2) is 0 Å². The molecular formula is C18H26N2O3. The average Bonchev–Trinajstić information content (AvgIpc) is 2.48. The Labute approximate surface area is 138 Å². The number of hydrogen-bond donors (Lipinski definition) is 1. The number of carbonyl (C=O) groups is 1. The normalized spacial score (nSPS) is 13.3. The van der Waals surface area contributed by atoms with Crippen molar-refractivity contribution in [1.29, 1.82) is 5.26 Å². The SMILES string of the molecule is CCOc1ccc(NC(=O)C(C)(CC(C)C)OCC)c(C#N)c1. The van der Waals surface area contributed by atoms with Gasteiger partial charge in [0.25, 0.3) is 5.91 Å². The zero-order valence-electron chi connectivity index (χ0n) is 14.6. The van der Waals surface area contributed by atoms with Gasteiger partial charge < -0.3 is 14.8 Å². The average molecular weight is 318 g/mol. The maximum atomic E-state index is 12.7. The van der Waals surface area contributed by atoms with Crippen LogP contribution in [-0.4, -0.2) is 24.7 Å². The maximum absolute atomic E-state index is 12.7. The highest BCUT2D eigenvalue weighted by atomic mass is 16.5. The molecule has 1 N–H and O–H groups in total. The van der Waals surface area contributed by atoms with Gasteiger partial charge in [-0.05, 0) is 51.3 Å². The minimum absolute atomic E-state index is 0.242. The van der Waals surface area contributed by atoms with Crippen LogP contribution in [0.15, 0.2) is 18.2 Å². The van der Waals surface area contributed by atoms with Crippen molar-refractivity contribution in [2.75, 3.05) is 18.5 Å². The molecule has 0 bridgehead atoms. The molecule has 0 heterocycles. The van der Waals surface area contributed by atoms with Gasteiger partial charge in [0.2, 0.25) is 0 Å². The largest absolute Gasteiger partial charge is 0.494 e. The van der Waals surface area contributed by atoms with Crippen LogP contribution in [0.4, 0.5) is 5.69 Å². The van der Waals surface area contributed by atoms with E-state index in [-0.39, 0.29) is 5.91 Å². The first kappa shape index (κ1) is 19.0. The van der Waals surface area contributed by atoms with E-state index in [1.807, 2.05) is 27.7 Å². The Balaban J connectivity index is 3.00. The first-order chi connectivity index (χ1) is 10.9. The number of nitrogens with zero attached hydrogens (tertiary/aromatic N) is 1. The Bertz CT molecular complexity index is 578. The van der Waals surface area contributed by atoms with Gasteiger partial charge in [-0.2, -0.15) is 5.26 Å². The smallest absolute Gasteiger partial charge is 0.256 e. The van der Waals surface area contributed by atoms with Gasteiger partial charge in [0, 0.05) is 6.61 Å². The highest BCUT2D eigenvalue weighted by Crippen LogP contribution is 2.26. The lowest BCUT2D eigenvalue weighted by molar-refractivity contribution is -0.140. The van der Waals surface area contributed by atoms with Crippen molar-refractivity contribution in [2.45, 2.75) is 46.6 Å². The zero-order valence-corrected chi connectivity index (χ0v) is 14.6. The Morgan fingerprint density at radius 3 is 2.57 bits per heavy atom. The van der Waals surface area contributed by atoms with E-state index in [0.717, 1.165) is 0 Å². The molecule has 5 heteroatoms. The minimum Gasteiger partial charge on any atom is -0.494 e. The Morgan fingerprint density at radius 1 is 1.35 bits per heavy atom. The number of nitriles is 1. The van der Waals surface area contributed by atoms with Crippen LogP contribution in [0.2, 0.25) is 0 Å². The summed E-state index contributed by atoms with van der Waals surface area (Å²) >= 11 is 0. The van der Waals surface area contributed by atoms with Crippen LogP contribution in [0.3, 0.4) is 0 Å². The van der Waals surface area contributed by atoms with E-state index in [1.54, 1.807) is 25.1 Å². The second kappa shape index (κ2) is 8.54. The van der Waals surface area contributed by atoms with Gasteiger partial charge in [-0.3, -0.25) is 4.79 Å². The molecule has 0 aliphatic heterocycles. The molecule has 1 unspecified atom stereocenters. The first-order valence-corrected chi connectivity index (χ1v) is 7.98. The van der Waals surface area contributed by atoms with Crippen molar-refractivity contribution in [3.63, 3.8) is 0 Å². The van der Waals surface area contributed by atoms with Crippen LogP contribution in [0, 0.1) is 17.2 Å². The second-order valence-electron chi connectivity index (χ2n) is 5.97. The number of hydrogen-bond acceptors (Lipinski definition) is 4. The molecule has 1 amide bonds. The zero-order chi connectivity index (χ0) is 17.5. The van der Waals surface area contributed by atoms with Gasteiger partial charge in [0.05, 0.1) is 17.9 Å². The van der Waals surface area contributed by atoms with E-state index < -0.39 is 5.60 Å². The van der Waals surface area contributed by atoms with Gasteiger partial charge in [0.1, 0.15) is 17.4 Å². The summed E-state index contributed by atoms with van der Waals surface area (Å²) in [7, 11) is 0. The fourth-order valence-corrected chi connectivity index (χ4v) is 2.55. The molecule has 0 aliphatic carbocycles. The third-order valence-electron chi connectivity index (χ3n) is 3.41. The molecule has 0 fully saturated rings. The number of nitrogens with one attached hydrogen (secondary N) is 1. The summed E-state index contributed by atoms with van der Waals surface area (Å²) in [6.07, 6.45) is 0.603. The molecule has 0 radical (unpaired) electrons.